The largest absolute Gasteiger partial charge is 0.508 e. The lowest BCUT2D eigenvalue weighted by Gasteiger charge is -2.34. The number of rotatable bonds is 22. The van der Waals surface area contributed by atoms with Crippen molar-refractivity contribution in [3.8, 4) is 5.75 Å². The summed E-state index contributed by atoms with van der Waals surface area (Å²) in [5.41, 5.74) is 2.28. The molecule has 3 aliphatic heterocycles. The van der Waals surface area contributed by atoms with Crippen LogP contribution in [0, 0.1) is 35.5 Å². The second-order valence-corrected chi connectivity index (χ2v) is 34.9. The van der Waals surface area contributed by atoms with E-state index in [1.807, 2.05) is 18.2 Å². The number of H-pyrrole nitrogens is 1. The van der Waals surface area contributed by atoms with E-state index in [0.717, 1.165) is 10.9 Å². The molecule has 37 heteroatoms. The minimum atomic E-state index is -5.22. The topological polar surface area (TPSA) is 475 Å². The molecule has 0 saturated carbocycles. The summed E-state index contributed by atoms with van der Waals surface area (Å²) in [5, 5.41) is 56.0. The second kappa shape index (κ2) is 46.6. The van der Waals surface area contributed by atoms with Gasteiger partial charge in [0.25, 0.3) is 0 Å². The van der Waals surface area contributed by atoms with Gasteiger partial charge in [0.1, 0.15) is 90.3 Å². The number of aromatic hydroxyl groups is 1. The average molecular weight is 1740 g/mol. The van der Waals surface area contributed by atoms with E-state index in [9.17, 15) is 71.3 Å². The molecular formula is C86H123F3N16O17S. The summed E-state index contributed by atoms with van der Waals surface area (Å²) in [5.74, 6) is -18.4. The maximum absolute atomic E-state index is 15.5. The number of hydrogen-bond donors (Lipinski definition) is 16. The normalized spacial score (nSPS) is 25.3. The molecule has 3 aliphatic rings. The SMILES string of the molecule is CSCC[C@@H]1NC(=O)[C@@H](C(C)C)NC(=O)[C@H](C(C)C)NC(=O)[C@H](Cc2ccc(O)cc2)NC(=O)[C@H](Cc2ccccc2)NC(=O)[C@H](C(C)C)NC(=O)[C@H](C(C)C)NC(=O)[C@H](CCCCNC(=O)C(F)(F)F)NC(=O)[C@H](C(C)C)NC(=O)[C@H](CO)NC(=O)[C@H](CC(C)C)NC(=O)C2CCCN2C(=O)[C@H]2CCCN2C(=O)[C@H](Cc2c[nH]c3ccccc23)NC1=O. The van der Waals surface area contributed by atoms with Crippen molar-refractivity contribution in [1.82, 2.24) is 83.9 Å². The fourth-order valence-corrected chi connectivity index (χ4v) is 15.5. The van der Waals surface area contributed by atoms with Crippen molar-refractivity contribution in [1.29, 1.82) is 0 Å². The van der Waals surface area contributed by atoms with Gasteiger partial charge < -0.3 is 94.1 Å². The Bertz CT molecular complexity index is 4340. The first-order valence-electron chi connectivity index (χ1n) is 42.2. The number of benzene rings is 3. The van der Waals surface area contributed by atoms with E-state index >= 15 is 24.0 Å². The molecular weight excluding hydrogens is 1620 g/mol. The number of carbonyl (C=O) groups is 15. The predicted molar refractivity (Wildman–Crippen MR) is 453 cm³/mol. The Kier molecular flexibility index (Phi) is 37.6. The van der Waals surface area contributed by atoms with Gasteiger partial charge in [0.05, 0.1) is 6.61 Å². The number of aliphatic hydroxyl groups excluding tert-OH is 1. The highest BCUT2D eigenvalue weighted by molar-refractivity contribution is 7.98. The number of thioether (sulfide) groups is 1. The first-order valence-corrected chi connectivity index (χ1v) is 43.6. The van der Waals surface area contributed by atoms with Crippen LogP contribution in [0.1, 0.15) is 158 Å². The molecule has 14 atom stereocenters. The lowest BCUT2D eigenvalue weighted by Crippen LogP contribution is -2.63. The molecule has 0 aliphatic carbocycles. The smallest absolute Gasteiger partial charge is 0.471 e. The van der Waals surface area contributed by atoms with Gasteiger partial charge in [0, 0.05) is 56.0 Å². The third-order valence-electron chi connectivity index (χ3n) is 22.0. The van der Waals surface area contributed by atoms with Crippen LogP contribution in [0.4, 0.5) is 13.2 Å². The molecule has 15 amide bonds. The monoisotopic (exact) mass is 1740 g/mol. The number of para-hydroxylation sites is 1. The van der Waals surface area contributed by atoms with Gasteiger partial charge in [0.15, 0.2) is 0 Å². The molecule has 4 heterocycles. The second-order valence-electron chi connectivity index (χ2n) is 33.9. The summed E-state index contributed by atoms with van der Waals surface area (Å²) in [6, 6.07) is 1.05. The molecule has 1 aromatic heterocycles. The first kappa shape index (κ1) is 99.3. The summed E-state index contributed by atoms with van der Waals surface area (Å²) in [7, 11) is 0. The molecule has 0 bridgehead atoms. The standard InChI is InChI=1S/C86H123F3N16O17S/c1-45(2)39-59-73(110)98-63(44-106)76(113)101-66(46(3)4)78(115)92-57(27-19-20-35-90-85(122)86(87,88)89)72(109)99-69(49(9)10)81(118)103-68(48(7)8)80(117)96-60(40-51-23-15-14-16-24-51)74(111)94-61(41-52-30-32-54(107)33-31-52)75(112)100-70(50(11)12)82(119)102-67(47(5)6)79(116)93-58(34-38-123-13)71(108)97-62(42-53-43-91-56-26-18-17-25-55(53)56)83(120)105-37-22-29-65(105)84(121)104-36-21-28-64(104)77(114)95-59/h14-18,23-26,30-33,43,45-50,57-70,91,106-107H,19-22,27-29,34-42,44H2,1-13H3,(H,90,122)(H,92,115)(H,93,116)(H,94,111)(H,95,114)(H,96,117)(H,97,108)(H,98,110)(H,99,109)(H,100,112)(H,101,113)(H,102,119)(H,103,118)/t57-,58-,59-,60-,61-,62-,63-,64?,65+,66-,67+,68-,69-,70-/m0/s1. The van der Waals surface area contributed by atoms with Gasteiger partial charge in [-0.05, 0) is 140 Å². The van der Waals surface area contributed by atoms with E-state index in [1.165, 1.54) is 59.7 Å². The fourth-order valence-electron chi connectivity index (χ4n) is 15.1. The number of phenolic OH excluding ortho intramolecular Hbond substituents is 1. The Labute approximate surface area is 719 Å². The zero-order valence-corrected chi connectivity index (χ0v) is 72.9. The van der Waals surface area contributed by atoms with Gasteiger partial charge in [-0.1, -0.05) is 144 Å². The first-order chi connectivity index (χ1) is 58.1. The van der Waals surface area contributed by atoms with Crippen molar-refractivity contribution in [2.24, 2.45) is 35.5 Å². The number of unbranched alkanes of at least 4 members (excludes halogenated alkanes) is 1. The Morgan fingerprint density at radius 2 is 0.846 bits per heavy atom. The molecule has 0 spiro atoms. The maximum atomic E-state index is 15.5. The molecule has 7 rings (SSSR count). The molecule has 3 fully saturated rings. The number of aromatic amines is 1. The number of nitrogens with one attached hydrogen (secondary N) is 14. The van der Waals surface area contributed by atoms with E-state index in [-0.39, 0.29) is 89.0 Å². The number of aliphatic hydroxyl groups is 1. The van der Waals surface area contributed by atoms with Gasteiger partial charge in [-0.25, -0.2) is 0 Å². The van der Waals surface area contributed by atoms with Crippen LogP contribution in [0.2, 0.25) is 0 Å². The number of phenols is 1. The van der Waals surface area contributed by atoms with Crippen LogP contribution in [0.3, 0.4) is 0 Å². The highest BCUT2D eigenvalue weighted by atomic mass is 32.2. The van der Waals surface area contributed by atoms with E-state index in [2.05, 4.69) is 68.8 Å². The number of nitrogens with zero attached hydrogens (tertiary/aromatic N) is 2. The molecule has 3 saturated heterocycles. The molecule has 1 unspecified atom stereocenters. The van der Waals surface area contributed by atoms with Gasteiger partial charge in [-0.3, -0.25) is 71.9 Å². The van der Waals surface area contributed by atoms with E-state index in [1.54, 1.807) is 123 Å². The van der Waals surface area contributed by atoms with Crippen molar-refractivity contribution in [2.45, 2.75) is 251 Å². The quantitative estimate of drug-likeness (QED) is 0.0503. The van der Waals surface area contributed by atoms with Crippen molar-refractivity contribution in [2.75, 3.05) is 38.2 Å². The Morgan fingerprint density at radius 1 is 0.447 bits per heavy atom. The Balaban J connectivity index is 1.29. The number of aromatic nitrogens is 1. The summed E-state index contributed by atoms with van der Waals surface area (Å²) in [6.45, 7) is 17.9. The highest BCUT2D eigenvalue weighted by Crippen LogP contribution is 2.29. The van der Waals surface area contributed by atoms with Gasteiger partial charge in [0.2, 0.25) is 82.7 Å². The lowest BCUT2D eigenvalue weighted by molar-refractivity contribution is -0.173. The number of amides is 15. The number of fused-ring (bicyclic) bond motifs is 3. The fraction of sp³-hybridized carbons (Fsp3) is 0.593. The molecule has 0 radical (unpaired) electrons. The van der Waals surface area contributed by atoms with Gasteiger partial charge in [-0.15, -0.1) is 0 Å². The van der Waals surface area contributed by atoms with Crippen LogP contribution in [-0.4, -0.2) is 243 Å². The Morgan fingerprint density at radius 3 is 1.35 bits per heavy atom. The van der Waals surface area contributed by atoms with Crippen LogP contribution in [0.5, 0.6) is 5.75 Å². The number of halogens is 3. The lowest BCUT2D eigenvalue weighted by atomic mass is 9.97. The van der Waals surface area contributed by atoms with Crippen molar-refractivity contribution >= 4 is 111 Å². The van der Waals surface area contributed by atoms with Crippen molar-refractivity contribution in [3.05, 3.63) is 102 Å². The number of hydrogen-bond acceptors (Lipinski definition) is 18. The molecule has 123 heavy (non-hydrogen) atoms. The van der Waals surface area contributed by atoms with Crippen LogP contribution in [0.15, 0.2) is 85.1 Å². The van der Waals surface area contributed by atoms with E-state index in [4.69, 9.17) is 0 Å². The summed E-state index contributed by atoms with van der Waals surface area (Å²) in [6.07, 6.45) is -2.06. The van der Waals surface area contributed by atoms with Crippen LogP contribution in [-0.2, 0) is 91.2 Å². The molecule has 16 N–H and O–H groups in total. The Hall–Kier alpha value is -10.9. The van der Waals surface area contributed by atoms with Crippen LogP contribution in [0.25, 0.3) is 10.9 Å². The summed E-state index contributed by atoms with van der Waals surface area (Å²) in [4.78, 5) is 226. The minimum absolute atomic E-state index is 0.0221. The molecule has 676 valence electrons. The molecule has 3 aromatic carbocycles. The minimum Gasteiger partial charge on any atom is -0.508 e. The zero-order chi connectivity index (χ0) is 90.9. The van der Waals surface area contributed by atoms with Gasteiger partial charge in [-0.2, -0.15) is 24.9 Å². The van der Waals surface area contributed by atoms with Crippen LogP contribution < -0.4 is 69.1 Å². The van der Waals surface area contributed by atoms with Gasteiger partial charge >= 0.3 is 12.1 Å². The third-order valence-corrected chi connectivity index (χ3v) is 22.7. The predicted octanol–water partition coefficient (Wildman–Crippen LogP) is 2.63. The average Bonchev–Trinajstić information content (AvgIpc) is 1.64. The van der Waals surface area contributed by atoms with Crippen LogP contribution >= 0.6 is 11.8 Å². The zero-order valence-electron chi connectivity index (χ0n) is 72.1. The molecule has 4 aromatic rings. The maximum Gasteiger partial charge on any atom is 0.471 e. The van der Waals surface area contributed by atoms with E-state index < -0.39 is 222 Å². The molecule has 33 nitrogen and oxygen atoms in total. The summed E-state index contributed by atoms with van der Waals surface area (Å²) < 4.78 is 39.7. The number of alkyl halides is 3. The summed E-state index contributed by atoms with van der Waals surface area (Å²) >= 11 is 1.37. The third kappa shape index (κ3) is 28.6. The van der Waals surface area contributed by atoms with Crippen molar-refractivity contribution < 1.29 is 95.3 Å². The van der Waals surface area contributed by atoms with Crippen molar-refractivity contribution in [3.63, 3.8) is 0 Å². The number of carbonyl (C=O) groups excluding carboxylic acids is 15. The highest BCUT2D eigenvalue weighted by Gasteiger charge is 2.47. The van der Waals surface area contributed by atoms with E-state index in [0.29, 0.717) is 35.3 Å².